The molecule has 7 heteroatoms. The van der Waals surface area contributed by atoms with E-state index in [1.807, 2.05) is 14.1 Å². The van der Waals surface area contributed by atoms with E-state index in [0.29, 0.717) is 18.5 Å². The Kier molecular flexibility index (Phi) is 4.12. The number of nitrogens with one attached hydrogen (secondary N) is 1. The number of anilines is 1. The Hall–Kier alpha value is -1.76. The quantitative estimate of drug-likeness (QED) is 0.588. The molecule has 16 heavy (non-hydrogen) atoms. The van der Waals surface area contributed by atoms with Gasteiger partial charge in [-0.3, -0.25) is 10.1 Å². The molecule has 0 aromatic carbocycles. The lowest BCUT2D eigenvalue weighted by molar-refractivity contribution is -0.385. The molecule has 1 aromatic heterocycles. The molecule has 1 aromatic rings. The monoisotopic (exact) mass is 225 g/mol. The molecular formula is C9H15N5O2. The van der Waals surface area contributed by atoms with E-state index >= 15 is 0 Å². The van der Waals surface area contributed by atoms with Gasteiger partial charge in [0.25, 0.3) is 0 Å². The summed E-state index contributed by atoms with van der Waals surface area (Å²) in [4.78, 5) is 19.6. The van der Waals surface area contributed by atoms with Crippen LogP contribution in [0.15, 0.2) is 12.4 Å². The molecule has 0 fully saturated rings. The summed E-state index contributed by atoms with van der Waals surface area (Å²) in [6, 6.07) is 0.332. The maximum Gasteiger partial charge on any atom is 0.305 e. The molecule has 0 bridgehead atoms. The first-order valence-corrected chi connectivity index (χ1v) is 4.87. The predicted molar refractivity (Wildman–Crippen MR) is 60.3 cm³/mol. The topological polar surface area (TPSA) is 84.2 Å². The first-order valence-electron chi connectivity index (χ1n) is 4.87. The van der Waals surface area contributed by atoms with Gasteiger partial charge in [0, 0.05) is 12.6 Å². The number of hydrogen-bond donors (Lipinski definition) is 1. The van der Waals surface area contributed by atoms with E-state index in [2.05, 4.69) is 27.1 Å². The molecule has 1 heterocycles. The summed E-state index contributed by atoms with van der Waals surface area (Å²) in [5.74, 6) is 0.402. The molecular weight excluding hydrogens is 210 g/mol. The standard InChI is InChI=1S/C9H15N5O2/c1-7(13(2)3)4-10-9-11-5-8(6-12-9)14(15)16/h5-7H,4H2,1-3H3,(H,10,11,12). The van der Waals surface area contributed by atoms with Crippen LogP contribution in [0.5, 0.6) is 0 Å². The van der Waals surface area contributed by atoms with Crippen molar-refractivity contribution in [2.75, 3.05) is 26.0 Å². The van der Waals surface area contributed by atoms with Crippen LogP contribution in [-0.2, 0) is 0 Å². The summed E-state index contributed by atoms with van der Waals surface area (Å²) in [7, 11) is 3.95. The minimum Gasteiger partial charge on any atom is -0.353 e. The predicted octanol–water partition coefficient (Wildman–Crippen LogP) is 0.747. The zero-order chi connectivity index (χ0) is 12.1. The first-order chi connectivity index (χ1) is 7.50. The molecule has 88 valence electrons. The van der Waals surface area contributed by atoms with Crippen molar-refractivity contribution in [1.29, 1.82) is 0 Å². The van der Waals surface area contributed by atoms with Crippen molar-refractivity contribution in [2.45, 2.75) is 13.0 Å². The molecule has 1 unspecified atom stereocenters. The van der Waals surface area contributed by atoms with E-state index < -0.39 is 4.92 Å². The molecule has 0 amide bonds. The van der Waals surface area contributed by atoms with Gasteiger partial charge >= 0.3 is 5.69 Å². The maximum absolute atomic E-state index is 10.4. The summed E-state index contributed by atoms with van der Waals surface area (Å²) < 4.78 is 0. The van der Waals surface area contributed by atoms with Gasteiger partial charge in [0.05, 0.1) is 4.92 Å². The second-order valence-corrected chi connectivity index (χ2v) is 3.72. The molecule has 0 radical (unpaired) electrons. The van der Waals surface area contributed by atoms with Crippen molar-refractivity contribution < 1.29 is 4.92 Å². The maximum atomic E-state index is 10.4. The second-order valence-electron chi connectivity index (χ2n) is 3.72. The number of likely N-dealkylation sites (N-methyl/N-ethyl adjacent to an activating group) is 1. The molecule has 0 aliphatic heterocycles. The Morgan fingerprint density at radius 1 is 1.50 bits per heavy atom. The van der Waals surface area contributed by atoms with Crippen LogP contribution < -0.4 is 5.32 Å². The molecule has 0 spiro atoms. The summed E-state index contributed by atoms with van der Waals surface area (Å²) >= 11 is 0. The van der Waals surface area contributed by atoms with E-state index in [1.165, 1.54) is 12.4 Å². The van der Waals surface area contributed by atoms with Crippen LogP contribution in [0.1, 0.15) is 6.92 Å². The van der Waals surface area contributed by atoms with Crippen molar-refractivity contribution in [3.05, 3.63) is 22.5 Å². The molecule has 1 rings (SSSR count). The minimum absolute atomic E-state index is 0.105. The van der Waals surface area contributed by atoms with Crippen LogP contribution in [0.4, 0.5) is 11.6 Å². The van der Waals surface area contributed by atoms with E-state index in [9.17, 15) is 10.1 Å². The molecule has 1 N–H and O–H groups in total. The number of rotatable bonds is 5. The van der Waals surface area contributed by atoms with Crippen molar-refractivity contribution in [2.24, 2.45) is 0 Å². The van der Waals surface area contributed by atoms with Gasteiger partial charge in [0.1, 0.15) is 12.4 Å². The number of hydrogen-bond acceptors (Lipinski definition) is 6. The molecule has 0 saturated heterocycles. The fourth-order valence-electron chi connectivity index (χ4n) is 0.928. The zero-order valence-electron chi connectivity index (χ0n) is 9.54. The summed E-state index contributed by atoms with van der Waals surface area (Å²) in [6.07, 6.45) is 2.38. The fourth-order valence-corrected chi connectivity index (χ4v) is 0.928. The Morgan fingerprint density at radius 2 is 2.06 bits per heavy atom. The van der Waals surface area contributed by atoms with Crippen molar-refractivity contribution in [1.82, 2.24) is 14.9 Å². The summed E-state index contributed by atoms with van der Waals surface area (Å²) in [6.45, 7) is 2.74. The van der Waals surface area contributed by atoms with E-state index in [1.54, 1.807) is 0 Å². The Labute approximate surface area is 93.7 Å². The number of nitro groups is 1. The third kappa shape index (κ3) is 3.43. The highest BCUT2D eigenvalue weighted by molar-refractivity contribution is 5.30. The number of nitrogens with zero attached hydrogens (tertiary/aromatic N) is 4. The van der Waals surface area contributed by atoms with Gasteiger partial charge in [0.15, 0.2) is 0 Å². The number of aromatic nitrogens is 2. The van der Waals surface area contributed by atoms with Crippen LogP contribution in [-0.4, -0.2) is 46.5 Å². The van der Waals surface area contributed by atoms with Crippen LogP contribution in [0.25, 0.3) is 0 Å². The van der Waals surface area contributed by atoms with Crippen LogP contribution in [0, 0.1) is 10.1 Å². The highest BCUT2D eigenvalue weighted by Gasteiger charge is 2.08. The van der Waals surface area contributed by atoms with Gasteiger partial charge in [-0.2, -0.15) is 0 Å². The van der Waals surface area contributed by atoms with Crippen molar-refractivity contribution in [3.63, 3.8) is 0 Å². The Bertz CT molecular complexity index is 351. The van der Waals surface area contributed by atoms with Crippen molar-refractivity contribution in [3.8, 4) is 0 Å². The second kappa shape index (κ2) is 5.36. The highest BCUT2D eigenvalue weighted by atomic mass is 16.6. The lowest BCUT2D eigenvalue weighted by atomic mass is 10.3. The van der Waals surface area contributed by atoms with E-state index in [4.69, 9.17) is 0 Å². The lowest BCUT2D eigenvalue weighted by Gasteiger charge is -2.19. The average Bonchev–Trinajstić information content (AvgIpc) is 2.26. The molecule has 0 saturated carbocycles. The molecule has 1 atom stereocenters. The fraction of sp³-hybridized carbons (Fsp3) is 0.556. The zero-order valence-corrected chi connectivity index (χ0v) is 9.54. The minimum atomic E-state index is -0.522. The van der Waals surface area contributed by atoms with E-state index in [0.717, 1.165) is 0 Å². The molecule has 7 nitrogen and oxygen atoms in total. The van der Waals surface area contributed by atoms with Gasteiger partial charge in [0.2, 0.25) is 5.95 Å². The van der Waals surface area contributed by atoms with Crippen LogP contribution in [0.3, 0.4) is 0 Å². The third-order valence-electron chi connectivity index (χ3n) is 2.29. The normalized spacial score (nSPS) is 12.5. The molecule has 0 aliphatic carbocycles. The average molecular weight is 225 g/mol. The highest BCUT2D eigenvalue weighted by Crippen LogP contribution is 2.08. The first kappa shape index (κ1) is 12.3. The SMILES string of the molecule is CC(CNc1ncc([N+](=O)[O-])cn1)N(C)C. The third-order valence-corrected chi connectivity index (χ3v) is 2.29. The van der Waals surface area contributed by atoms with E-state index in [-0.39, 0.29) is 5.69 Å². The Morgan fingerprint density at radius 3 is 2.50 bits per heavy atom. The summed E-state index contributed by atoms with van der Waals surface area (Å²) in [5.41, 5.74) is -0.105. The summed E-state index contributed by atoms with van der Waals surface area (Å²) in [5, 5.41) is 13.4. The van der Waals surface area contributed by atoms with Gasteiger partial charge in [-0.1, -0.05) is 0 Å². The van der Waals surface area contributed by atoms with Gasteiger partial charge < -0.3 is 10.2 Å². The smallest absolute Gasteiger partial charge is 0.305 e. The van der Waals surface area contributed by atoms with Gasteiger partial charge in [-0.25, -0.2) is 9.97 Å². The van der Waals surface area contributed by atoms with Gasteiger partial charge in [-0.05, 0) is 21.0 Å². The largest absolute Gasteiger partial charge is 0.353 e. The van der Waals surface area contributed by atoms with Gasteiger partial charge in [-0.15, -0.1) is 0 Å². The van der Waals surface area contributed by atoms with Crippen molar-refractivity contribution >= 4 is 11.6 Å². The molecule has 0 aliphatic rings. The van der Waals surface area contributed by atoms with Crippen LogP contribution >= 0.6 is 0 Å². The lowest BCUT2D eigenvalue weighted by Crippen LogP contribution is -2.31. The van der Waals surface area contributed by atoms with Crippen LogP contribution in [0.2, 0.25) is 0 Å². The Balaban J connectivity index is 2.53.